The van der Waals surface area contributed by atoms with Gasteiger partial charge in [-0.2, -0.15) is 0 Å². The number of carbonyl (C=O) groups is 1. The molecule has 0 bridgehead atoms. The van der Waals surface area contributed by atoms with Crippen LogP contribution in [0.1, 0.15) is 5.69 Å². The molecule has 2 heterocycles. The topological polar surface area (TPSA) is 59.4 Å². The van der Waals surface area contributed by atoms with Gasteiger partial charge < -0.3 is 9.84 Å². The number of nitrogens with zero attached hydrogens (tertiary/aromatic N) is 2. The summed E-state index contributed by atoms with van der Waals surface area (Å²) < 4.78 is 6.28. The molecule has 68 valence electrons. The minimum absolute atomic E-state index is 0.214. The molecule has 0 aliphatic rings. The number of H-pyrrole nitrogens is 1. The molecule has 0 spiro atoms. The van der Waals surface area contributed by atoms with Gasteiger partial charge in [-0.15, -0.1) is 0 Å². The van der Waals surface area contributed by atoms with Crippen molar-refractivity contribution < 1.29 is 9.53 Å². The van der Waals surface area contributed by atoms with Crippen molar-refractivity contribution in [3.8, 4) is 0 Å². The SMILES string of the molecule is COC(=O)Cc1cn2[nH]ccc2n1. The third-order valence-electron chi connectivity index (χ3n) is 1.78. The minimum atomic E-state index is -0.277. The second-order valence-electron chi connectivity index (χ2n) is 2.68. The molecule has 0 aliphatic carbocycles. The van der Waals surface area contributed by atoms with Crippen LogP contribution in [0.2, 0.25) is 0 Å². The van der Waals surface area contributed by atoms with E-state index in [1.54, 1.807) is 16.9 Å². The average Bonchev–Trinajstić information content (AvgIpc) is 2.63. The van der Waals surface area contributed by atoms with E-state index in [0.717, 1.165) is 5.65 Å². The van der Waals surface area contributed by atoms with Crippen LogP contribution in [0, 0.1) is 0 Å². The molecule has 2 rings (SSSR count). The van der Waals surface area contributed by atoms with Crippen molar-refractivity contribution >= 4 is 11.6 Å². The number of methoxy groups -OCH3 is 1. The average molecular weight is 179 g/mol. The quantitative estimate of drug-likeness (QED) is 0.678. The largest absolute Gasteiger partial charge is 0.469 e. The Hall–Kier alpha value is -1.78. The van der Waals surface area contributed by atoms with Gasteiger partial charge in [0.2, 0.25) is 0 Å². The highest BCUT2D eigenvalue weighted by Crippen LogP contribution is 2.03. The smallest absolute Gasteiger partial charge is 0.311 e. The Balaban J connectivity index is 2.25. The highest BCUT2D eigenvalue weighted by atomic mass is 16.5. The first-order chi connectivity index (χ1) is 6.29. The van der Waals surface area contributed by atoms with Gasteiger partial charge in [0.05, 0.1) is 25.4 Å². The maximum absolute atomic E-state index is 10.9. The molecule has 0 amide bonds. The van der Waals surface area contributed by atoms with Gasteiger partial charge in [0.15, 0.2) is 5.65 Å². The lowest BCUT2D eigenvalue weighted by Crippen LogP contribution is -2.04. The number of esters is 1. The van der Waals surface area contributed by atoms with Gasteiger partial charge in [-0.3, -0.25) is 4.79 Å². The van der Waals surface area contributed by atoms with E-state index in [1.807, 2.05) is 6.07 Å². The van der Waals surface area contributed by atoms with Gasteiger partial charge in [-0.1, -0.05) is 0 Å². The van der Waals surface area contributed by atoms with Crippen molar-refractivity contribution in [3.63, 3.8) is 0 Å². The molecule has 13 heavy (non-hydrogen) atoms. The Bertz CT molecular complexity index is 401. The van der Waals surface area contributed by atoms with Gasteiger partial charge in [0, 0.05) is 12.3 Å². The fraction of sp³-hybridized carbons (Fsp3) is 0.250. The summed E-state index contributed by atoms with van der Waals surface area (Å²) in [5.74, 6) is -0.277. The standard InChI is InChI=1S/C8H9N3O2/c1-13-8(12)4-6-5-11-7(10-6)2-3-9-11/h2-3,5,9H,4H2,1H3. The molecule has 2 aromatic rings. The molecule has 0 aliphatic heterocycles. The zero-order valence-corrected chi connectivity index (χ0v) is 7.15. The number of rotatable bonds is 2. The summed E-state index contributed by atoms with van der Waals surface area (Å²) in [6.45, 7) is 0. The van der Waals surface area contributed by atoms with E-state index >= 15 is 0 Å². The van der Waals surface area contributed by atoms with Crippen molar-refractivity contribution in [2.24, 2.45) is 0 Å². The summed E-state index contributed by atoms with van der Waals surface area (Å²) in [6, 6.07) is 1.83. The molecular weight excluding hydrogens is 170 g/mol. The summed E-state index contributed by atoms with van der Waals surface area (Å²) in [6.07, 6.45) is 3.77. The number of hydrogen-bond donors (Lipinski definition) is 1. The Kier molecular flexibility index (Phi) is 1.77. The van der Waals surface area contributed by atoms with Crippen LogP contribution in [0.3, 0.4) is 0 Å². The number of hydrogen-bond acceptors (Lipinski definition) is 3. The lowest BCUT2D eigenvalue weighted by atomic mass is 10.3. The Morgan fingerprint density at radius 1 is 1.77 bits per heavy atom. The fourth-order valence-corrected chi connectivity index (χ4v) is 1.16. The van der Waals surface area contributed by atoms with Gasteiger partial charge in [0.1, 0.15) is 0 Å². The maximum atomic E-state index is 10.9. The summed E-state index contributed by atoms with van der Waals surface area (Å²) in [7, 11) is 1.37. The van der Waals surface area contributed by atoms with Crippen molar-refractivity contribution in [1.82, 2.24) is 14.6 Å². The predicted octanol–water partition coefficient (Wildman–Crippen LogP) is 0.378. The Morgan fingerprint density at radius 2 is 2.62 bits per heavy atom. The monoisotopic (exact) mass is 179 g/mol. The lowest BCUT2D eigenvalue weighted by molar-refractivity contribution is -0.139. The van der Waals surface area contributed by atoms with Crippen LogP contribution in [0.4, 0.5) is 0 Å². The van der Waals surface area contributed by atoms with Gasteiger partial charge in [-0.25, -0.2) is 9.50 Å². The predicted molar refractivity (Wildman–Crippen MR) is 45.3 cm³/mol. The van der Waals surface area contributed by atoms with Gasteiger partial charge in [-0.05, 0) is 0 Å². The zero-order chi connectivity index (χ0) is 9.26. The summed E-state index contributed by atoms with van der Waals surface area (Å²) in [4.78, 5) is 15.1. The second-order valence-corrected chi connectivity index (χ2v) is 2.68. The second kappa shape index (κ2) is 2.93. The number of fused-ring (bicyclic) bond motifs is 1. The highest BCUT2D eigenvalue weighted by molar-refractivity contribution is 5.72. The summed E-state index contributed by atoms with van der Waals surface area (Å²) in [5, 5.41) is 2.93. The highest BCUT2D eigenvalue weighted by Gasteiger charge is 2.07. The number of nitrogens with one attached hydrogen (secondary N) is 1. The molecular formula is C8H9N3O2. The van der Waals surface area contributed by atoms with E-state index in [1.165, 1.54) is 7.11 Å². The van der Waals surface area contributed by atoms with E-state index in [9.17, 15) is 4.79 Å². The molecule has 0 atom stereocenters. The third-order valence-corrected chi connectivity index (χ3v) is 1.78. The number of aromatic amines is 1. The third kappa shape index (κ3) is 1.40. The normalized spacial score (nSPS) is 10.5. The fourth-order valence-electron chi connectivity index (χ4n) is 1.16. The van der Waals surface area contributed by atoms with Gasteiger partial charge >= 0.3 is 5.97 Å². The van der Waals surface area contributed by atoms with Crippen LogP contribution >= 0.6 is 0 Å². The molecule has 0 aromatic carbocycles. The number of imidazole rings is 1. The first-order valence-electron chi connectivity index (χ1n) is 3.88. The first-order valence-corrected chi connectivity index (χ1v) is 3.88. The van der Waals surface area contributed by atoms with Crippen molar-refractivity contribution in [1.29, 1.82) is 0 Å². The van der Waals surface area contributed by atoms with E-state index in [4.69, 9.17) is 0 Å². The van der Waals surface area contributed by atoms with Crippen LogP contribution in [-0.2, 0) is 16.0 Å². The molecule has 0 fully saturated rings. The van der Waals surface area contributed by atoms with Crippen LogP contribution in [0.5, 0.6) is 0 Å². The Morgan fingerprint density at radius 3 is 3.31 bits per heavy atom. The summed E-state index contributed by atoms with van der Waals surface area (Å²) in [5.41, 5.74) is 1.51. The molecule has 5 nitrogen and oxygen atoms in total. The Labute approximate surface area is 74.3 Å². The summed E-state index contributed by atoms with van der Waals surface area (Å²) >= 11 is 0. The van der Waals surface area contributed by atoms with E-state index < -0.39 is 0 Å². The number of aromatic nitrogens is 3. The van der Waals surface area contributed by atoms with E-state index in [0.29, 0.717) is 5.69 Å². The molecule has 2 aromatic heterocycles. The first kappa shape index (κ1) is 7.85. The number of carbonyl (C=O) groups excluding carboxylic acids is 1. The van der Waals surface area contributed by atoms with Crippen LogP contribution in [-0.4, -0.2) is 27.7 Å². The van der Waals surface area contributed by atoms with Crippen molar-refractivity contribution in [2.75, 3.05) is 7.11 Å². The minimum Gasteiger partial charge on any atom is -0.469 e. The van der Waals surface area contributed by atoms with Gasteiger partial charge in [0.25, 0.3) is 0 Å². The molecule has 5 heteroatoms. The molecule has 0 saturated carbocycles. The molecule has 0 radical (unpaired) electrons. The van der Waals surface area contributed by atoms with E-state index in [-0.39, 0.29) is 12.4 Å². The van der Waals surface area contributed by atoms with Crippen LogP contribution in [0.15, 0.2) is 18.5 Å². The van der Waals surface area contributed by atoms with Crippen LogP contribution in [0.25, 0.3) is 5.65 Å². The van der Waals surface area contributed by atoms with Crippen molar-refractivity contribution in [2.45, 2.75) is 6.42 Å². The molecule has 1 N–H and O–H groups in total. The van der Waals surface area contributed by atoms with Crippen LogP contribution < -0.4 is 0 Å². The number of ether oxygens (including phenoxy) is 1. The molecule has 0 saturated heterocycles. The van der Waals surface area contributed by atoms with Crippen molar-refractivity contribution in [3.05, 3.63) is 24.2 Å². The molecule has 0 unspecified atom stereocenters. The van der Waals surface area contributed by atoms with E-state index in [2.05, 4.69) is 14.8 Å². The maximum Gasteiger partial charge on any atom is 0.311 e. The lowest BCUT2D eigenvalue weighted by Gasteiger charge is -1.93. The zero-order valence-electron chi connectivity index (χ0n) is 7.15.